The standard InChI is InChI=1S/C12H18ClN3O/c1-3-10-7-16(4-5-17-10)8-12-14-9(2)6-11(13)15-12/h6,10H,3-5,7-8H2,1-2H3. The molecule has 1 aromatic heterocycles. The van der Waals surface area contributed by atoms with Crippen LogP contribution in [-0.2, 0) is 11.3 Å². The van der Waals surface area contributed by atoms with E-state index in [1.54, 1.807) is 6.07 Å². The highest BCUT2D eigenvalue weighted by molar-refractivity contribution is 6.29. The molecule has 1 aromatic rings. The van der Waals surface area contributed by atoms with Crippen LogP contribution in [0.5, 0.6) is 0 Å². The maximum Gasteiger partial charge on any atom is 0.144 e. The van der Waals surface area contributed by atoms with Crippen LogP contribution in [0.4, 0.5) is 0 Å². The van der Waals surface area contributed by atoms with Gasteiger partial charge in [0.05, 0.1) is 19.3 Å². The van der Waals surface area contributed by atoms with Crippen molar-refractivity contribution in [2.24, 2.45) is 0 Å². The Morgan fingerprint density at radius 3 is 3.06 bits per heavy atom. The molecule has 0 aliphatic carbocycles. The summed E-state index contributed by atoms with van der Waals surface area (Å²) < 4.78 is 5.63. The smallest absolute Gasteiger partial charge is 0.144 e. The van der Waals surface area contributed by atoms with Gasteiger partial charge in [0, 0.05) is 18.8 Å². The summed E-state index contributed by atoms with van der Waals surface area (Å²) in [6.45, 7) is 7.51. The second-order valence-corrected chi connectivity index (χ2v) is 4.77. The molecule has 0 amide bonds. The third-order valence-corrected chi connectivity index (χ3v) is 3.11. The van der Waals surface area contributed by atoms with E-state index >= 15 is 0 Å². The third-order valence-electron chi connectivity index (χ3n) is 2.91. The molecular weight excluding hydrogens is 238 g/mol. The van der Waals surface area contributed by atoms with Gasteiger partial charge in [-0.1, -0.05) is 18.5 Å². The molecule has 0 aromatic carbocycles. The Morgan fingerprint density at radius 1 is 1.53 bits per heavy atom. The Kier molecular flexibility index (Phi) is 4.31. The zero-order valence-electron chi connectivity index (χ0n) is 10.3. The predicted molar refractivity (Wildman–Crippen MR) is 67.1 cm³/mol. The number of morpholine rings is 1. The van der Waals surface area contributed by atoms with Crippen molar-refractivity contribution < 1.29 is 4.74 Å². The summed E-state index contributed by atoms with van der Waals surface area (Å²) >= 11 is 5.93. The Bertz CT molecular complexity index is 366. The van der Waals surface area contributed by atoms with Crippen molar-refractivity contribution in [2.75, 3.05) is 19.7 Å². The summed E-state index contributed by atoms with van der Waals surface area (Å²) in [5.74, 6) is 0.798. The van der Waals surface area contributed by atoms with Crippen molar-refractivity contribution in [3.05, 3.63) is 22.7 Å². The molecule has 1 aliphatic rings. The fourth-order valence-electron chi connectivity index (χ4n) is 2.03. The highest BCUT2D eigenvalue weighted by atomic mass is 35.5. The molecule has 0 radical (unpaired) electrons. The van der Waals surface area contributed by atoms with Gasteiger partial charge in [0.1, 0.15) is 11.0 Å². The highest BCUT2D eigenvalue weighted by Gasteiger charge is 2.19. The molecule has 1 unspecified atom stereocenters. The van der Waals surface area contributed by atoms with Gasteiger partial charge in [-0.05, 0) is 19.4 Å². The lowest BCUT2D eigenvalue weighted by Gasteiger charge is -2.31. The molecule has 1 saturated heterocycles. The van der Waals surface area contributed by atoms with E-state index in [-0.39, 0.29) is 0 Å². The van der Waals surface area contributed by atoms with Gasteiger partial charge in [-0.2, -0.15) is 0 Å². The second-order valence-electron chi connectivity index (χ2n) is 4.38. The summed E-state index contributed by atoms with van der Waals surface area (Å²) in [6.07, 6.45) is 1.38. The minimum Gasteiger partial charge on any atom is -0.376 e. The fourth-order valence-corrected chi connectivity index (χ4v) is 2.29. The first-order valence-corrected chi connectivity index (χ1v) is 6.39. The van der Waals surface area contributed by atoms with Gasteiger partial charge in [-0.25, -0.2) is 9.97 Å². The average molecular weight is 256 g/mol. The lowest BCUT2D eigenvalue weighted by molar-refractivity contribution is -0.0332. The van der Waals surface area contributed by atoms with E-state index in [2.05, 4.69) is 21.8 Å². The number of rotatable bonds is 3. The molecule has 1 atom stereocenters. The van der Waals surface area contributed by atoms with Crippen LogP contribution in [0.25, 0.3) is 0 Å². The monoisotopic (exact) mass is 255 g/mol. The Balaban J connectivity index is 2.00. The van der Waals surface area contributed by atoms with Crippen molar-refractivity contribution >= 4 is 11.6 Å². The van der Waals surface area contributed by atoms with E-state index in [9.17, 15) is 0 Å². The summed E-state index contributed by atoms with van der Waals surface area (Å²) in [6, 6.07) is 1.78. The molecule has 2 heterocycles. The Hall–Kier alpha value is -0.710. The first kappa shape index (κ1) is 12.7. The first-order valence-electron chi connectivity index (χ1n) is 6.01. The van der Waals surface area contributed by atoms with E-state index < -0.39 is 0 Å². The Morgan fingerprint density at radius 2 is 2.35 bits per heavy atom. The summed E-state index contributed by atoms with van der Waals surface area (Å²) in [7, 11) is 0. The van der Waals surface area contributed by atoms with E-state index in [0.29, 0.717) is 11.3 Å². The number of aryl methyl sites for hydroxylation is 1. The van der Waals surface area contributed by atoms with Crippen LogP contribution in [0.3, 0.4) is 0 Å². The molecule has 1 aliphatic heterocycles. The maximum atomic E-state index is 5.93. The van der Waals surface area contributed by atoms with Gasteiger partial charge in [0.15, 0.2) is 0 Å². The van der Waals surface area contributed by atoms with Gasteiger partial charge in [-0.15, -0.1) is 0 Å². The minimum atomic E-state index is 0.337. The zero-order chi connectivity index (χ0) is 12.3. The van der Waals surface area contributed by atoms with E-state index in [0.717, 1.165) is 44.2 Å². The number of hydrogen-bond donors (Lipinski definition) is 0. The van der Waals surface area contributed by atoms with E-state index in [1.165, 1.54) is 0 Å². The number of ether oxygens (including phenoxy) is 1. The van der Waals surface area contributed by atoms with Crippen LogP contribution in [-0.4, -0.2) is 40.7 Å². The second kappa shape index (κ2) is 5.76. The molecule has 5 heteroatoms. The minimum absolute atomic E-state index is 0.337. The SMILES string of the molecule is CCC1CN(Cc2nc(C)cc(Cl)n2)CCO1. The van der Waals surface area contributed by atoms with Crippen LogP contribution in [0, 0.1) is 6.92 Å². The molecule has 4 nitrogen and oxygen atoms in total. The predicted octanol–water partition coefficient (Wildman–Crippen LogP) is 2.05. The number of aromatic nitrogens is 2. The quantitative estimate of drug-likeness (QED) is 0.775. The average Bonchev–Trinajstić information content (AvgIpc) is 2.28. The van der Waals surface area contributed by atoms with E-state index in [1.807, 2.05) is 6.92 Å². The van der Waals surface area contributed by atoms with Crippen LogP contribution in [0.1, 0.15) is 24.9 Å². The van der Waals surface area contributed by atoms with Crippen LogP contribution in [0.2, 0.25) is 5.15 Å². The molecule has 0 N–H and O–H groups in total. The Labute approximate surface area is 107 Å². The van der Waals surface area contributed by atoms with Gasteiger partial charge in [0.2, 0.25) is 0 Å². The van der Waals surface area contributed by atoms with Gasteiger partial charge in [0.25, 0.3) is 0 Å². The molecule has 94 valence electrons. The van der Waals surface area contributed by atoms with E-state index in [4.69, 9.17) is 16.3 Å². The number of halogens is 1. The largest absolute Gasteiger partial charge is 0.376 e. The van der Waals surface area contributed by atoms with Gasteiger partial charge in [-0.3, -0.25) is 4.90 Å². The number of hydrogen-bond acceptors (Lipinski definition) is 4. The summed E-state index contributed by atoms with van der Waals surface area (Å²) in [5.41, 5.74) is 0.917. The van der Waals surface area contributed by atoms with Crippen molar-refractivity contribution in [1.29, 1.82) is 0 Å². The maximum absolute atomic E-state index is 5.93. The molecule has 2 rings (SSSR count). The zero-order valence-corrected chi connectivity index (χ0v) is 11.1. The van der Waals surface area contributed by atoms with Crippen molar-refractivity contribution in [1.82, 2.24) is 14.9 Å². The van der Waals surface area contributed by atoms with Crippen LogP contribution < -0.4 is 0 Å². The molecule has 1 fully saturated rings. The highest BCUT2D eigenvalue weighted by Crippen LogP contribution is 2.12. The topological polar surface area (TPSA) is 38.2 Å². The first-order chi connectivity index (χ1) is 8.17. The summed E-state index contributed by atoms with van der Waals surface area (Å²) in [4.78, 5) is 11.0. The molecule has 17 heavy (non-hydrogen) atoms. The summed E-state index contributed by atoms with van der Waals surface area (Å²) in [5, 5.41) is 0.521. The third kappa shape index (κ3) is 3.63. The lowest BCUT2D eigenvalue weighted by Crippen LogP contribution is -2.41. The normalized spacial score (nSPS) is 21.7. The molecular formula is C12H18ClN3O. The van der Waals surface area contributed by atoms with Crippen LogP contribution >= 0.6 is 11.6 Å². The van der Waals surface area contributed by atoms with Crippen molar-refractivity contribution in [2.45, 2.75) is 32.9 Å². The lowest BCUT2D eigenvalue weighted by atomic mass is 10.2. The number of nitrogens with zero attached hydrogens (tertiary/aromatic N) is 3. The fraction of sp³-hybridized carbons (Fsp3) is 0.667. The molecule has 0 bridgehead atoms. The van der Waals surface area contributed by atoms with Crippen molar-refractivity contribution in [3.8, 4) is 0 Å². The van der Waals surface area contributed by atoms with Gasteiger partial charge < -0.3 is 4.74 Å². The van der Waals surface area contributed by atoms with Crippen molar-refractivity contribution in [3.63, 3.8) is 0 Å². The van der Waals surface area contributed by atoms with Gasteiger partial charge >= 0.3 is 0 Å². The van der Waals surface area contributed by atoms with Crippen LogP contribution in [0.15, 0.2) is 6.07 Å². The molecule has 0 saturated carbocycles. The molecule has 0 spiro atoms.